The van der Waals surface area contributed by atoms with Gasteiger partial charge in [-0.2, -0.15) is 0 Å². The molecule has 0 aromatic heterocycles. The second-order valence-electron chi connectivity index (χ2n) is 4.65. The monoisotopic (exact) mass is 368 g/mol. The highest BCUT2D eigenvalue weighted by Gasteiger charge is 2.21. The molecule has 1 atom stereocenters. The van der Waals surface area contributed by atoms with Gasteiger partial charge < -0.3 is 20.5 Å². The van der Waals surface area contributed by atoms with Crippen LogP contribution in [0.2, 0.25) is 5.02 Å². The Hall–Kier alpha value is -1.43. The van der Waals surface area contributed by atoms with E-state index < -0.39 is 0 Å². The number of ether oxygens (including phenoxy) is 2. The SMILES string of the molecule is NCC(Nc1ccccc1Cl)c1cc(Br)c2c(c1)OCO2. The van der Waals surface area contributed by atoms with Crippen molar-refractivity contribution >= 4 is 33.2 Å². The van der Waals surface area contributed by atoms with Crippen molar-refractivity contribution in [2.24, 2.45) is 5.73 Å². The number of halogens is 2. The van der Waals surface area contributed by atoms with Gasteiger partial charge >= 0.3 is 0 Å². The van der Waals surface area contributed by atoms with Crippen molar-refractivity contribution < 1.29 is 9.47 Å². The van der Waals surface area contributed by atoms with E-state index in [2.05, 4.69) is 21.2 Å². The highest BCUT2D eigenvalue weighted by Crippen LogP contribution is 2.41. The van der Waals surface area contributed by atoms with Gasteiger partial charge in [0.2, 0.25) is 6.79 Å². The molecule has 2 aromatic rings. The van der Waals surface area contributed by atoms with E-state index in [1.807, 2.05) is 36.4 Å². The molecular formula is C15H14BrClN2O2. The number of para-hydroxylation sites is 1. The van der Waals surface area contributed by atoms with E-state index in [1.54, 1.807) is 0 Å². The topological polar surface area (TPSA) is 56.5 Å². The molecule has 0 bridgehead atoms. The molecule has 0 radical (unpaired) electrons. The van der Waals surface area contributed by atoms with E-state index in [-0.39, 0.29) is 12.8 Å². The smallest absolute Gasteiger partial charge is 0.231 e. The second kappa shape index (κ2) is 6.13. The Morgan fingerprint density at radius 1 is 1.29 bits per heavy atom. The molecule has 3 rings (SSSR count). The van der Waals surface area contributed by atoms with Gasteiger partial charge in [0, 0.05) is 6.54 Å². The number of nitrogens with two attached hydrogens (primary N) is 1. The Labute approximate surface area is 136 Å². The summed E-state index contributed by atoms with van der Waals surface area (Å²) in [7, 11) is 0. The van der Waals surface area contributed by atoms with Crippen LogP contribution < -0.4 is 20.5 Å². The summed E-state index contributed by atoms with van der Waals surface area (Å²) < 4.78 is 11.7. The van der Waals surface area contributed by atoms with Crippen LogP contribution in [0.3, 0.4) is 0 Å². The van der Waals surface area contributed by atoms with Gasteiger partial charge in [-0.25, -0.2) is 0 Å². The fourth-order valence-corrected chi connectivity index (χ4v) is 3.00. The summed E-state index contributed by atoms with van der Waals surface area (Å²) in [6, 6.07) is 11.4. The first-order valence-electron chi connectivity index (χ1n) is 6.49. The van der Waals surface area contributed by atoms with Crippen molar-refractivity contribution in [3.05, 3.63) is 51.5 Å². The van der Waals surface area contributed by atoms with E-state index in [9.17, 15) is 0 Å². The molecule has 1 aliphatic rings. The average molecular weight is 370 g/mol. The standard InChI is InChI=1S/C15H14BrClN2O2/c16-10-5-9(6-14-15(10)21-8-20-14)13(7-18)19-12-4-2-1-3-11(12)17/h1-6,13,19H,7-8,18H2. The molecule has 3 N–H and O–H groups in total. The largest absolute Gasteiger partial charge is 0.454 e. The molecule has 4 nitrogen and oxygen atoms in total. The minimum absolute atomic E-state index is 0.0734. The van der Waals surface area contributed by atoms with Crippen molar-refractivity contribution in [2.75, 3.05) is 18.7 Å². The lowest BCUT2D eigenvalue weighted by Crippen LogP contribution is -2.20. The van der Waals surface area contributed by atoms with Crippen molar-refractivity contribution in [1.29, 1.82) is 0 Å². The van der Waals surface area contributed by atoms with Crippen molar-refractivity contribution in [3.8, 4) is 11.5 Å². The molecule has 0 saturated carbocycles. The third-order valence-corrected chi connectivity index (χ3v) is 4.21. The summed E-state index contributed by atoms with van der Waals surface area (Å²) in [5.74, 6) is 1.45. The Morgan fingerprint density at radius 3 is 2.86 bits per heavy atom. The predicted octanol–water partition coefficient (Wildman–Crippen LogP) is 3.94. The van der Waals surface area contributed by atoms with E-state index >= 15 is 0 Å². The van der Waals surface area contributed by atoms with Crippen LogP contribution >= 0.6 is 27.5 Å². The summed E-state index contributed by atoms with van der Waals surface area (Å²) in [6.07, 6.45) is 0. The van der Waals surface area contributed by atoms with E-state index in [1.165, 1.54) is 0 Å². The lowest BCUT2D eigenvalue weighted by molar-refractivity contribution is 0.173. The zero-order valence-electron chi connectivity index (χ0n) is 11.1. The highest BCUT2D eigenvalue weighted by molar-refractivity contribution is 9.10. The van der Waals surface area contributed by atoms with Crippen LogP contribution in [0, 0.1) is 0 Å². The van der Waals surface area contributed by atoms with Crippen LogP contribution in [0.15, 0.2) is 40.9 Å². The number of benzene rings is 2. The Balaban J connectivity index is 1.90. The Bertz CT molecular complexity index is 666. The van der Waals surface area contributed by atoms with Crippen molar-refractivity contribution in [3.63, 3.8) is 0 Å². The van der Waals surface area contributed by atoms with Crippen LogP contribution in [0.25, 0.3) is 0 Å². The molecule has 1 unspecified atom stereocenters. The lowest BCUT2D eigenvalue weighted by atomic mass is 10.1. The van der Waals surface area contributed by atoms with Gasteiger partial charge in [-0.05, 0) is 45.8 Å². The van der Waals surface area contributed by atoms with Crippen LogP contribution in [0.5, 0.6) is 11.5 Å². The Kier molecular flexibility index (Phi) is 4.24. The van der Waals surface area contributed by atoms with Gasteiger partial charge in [-0.3, -0.25) is 0 Å². The third-order valence-electron chi connectivity index (χ3n) is 3.29. The van der Waals surface area contributed by atoms with Crippen LogP contribution in [0.1, 0.15) is 11.6 Å². The van der Waals surface area contributed by atoms with Gasteiger partial charge in [0.25, 0.3) is 0 Å². The number of rotatable bonds is 4. The van der Waals surface area contributed by atoms with E-state index in [4.69, 9.17) is 26.8 Å². The van der Waals surface area contributed by atoms with E-state index in [0.717, 1.165) is 27.2 Å². The molecule has 0 saturated heterocycles. The molecular weight excluding hydrogens is 356 g/mol. The molecule has 0 amide bonds. The minimum atomic E-state index is -0.0734. The van der Waals surface area contributed by atoms with Crippen molar-refractivity contribution in [2.45, 2.75) is 6.04 Å². The first-order valence-corrected chi connectivity index (χ1v) is 7.66. The molecule has 1 heterocycles. The van der Waals surface area contributed by atoms with Crippen LogP contribution in [-0.2, 0) is 0 Å². The number of fused-ring (bicyclic) bond motifs is 1. The van der Waals surface area contributed by atoms with Gasteiger partial charge in [0.15, 0.2) is 11.5 Å². The summed E-state index contributed by atoms with van der Waals surface area (Å²) in [6.45, 7) is 0.667. The maximum absolute atomic E-state index is 6.18. The predicted molar refractivity (Wildman–Crippen MR) is 87.1 cm³/mol. The van der Waals surface area contributed by atoms with Gasteiger partial charge in [-0.15, -0.1) is 0 Å². The van der Waals surface area contributed by atoms with E-state index in [0.29, 0.717) is 11.6 Å². The van der Waals surface area contributed by atoms with Gasteiger partial charge in [0.05, 0.1) is 21.2 Å². The highest BCUT2D eigenvalue weighted by atomic mass is 79.9. The first-order chi connectivity index (χ1) is 10.2. The summed E-state index contributed by atoms with van der Waals surface area (Å²) >= 11 is 9.68. The molecule has 110 valence electrons. The molecule has 0 spiro atoms. The molecule has 1 aliphatic heterocycles. The molecule has 21 heavy (non-hydrogen) atoms. The minimum Gasteiger partial charge on any atom is -0.454 e. The van der Waals surface area contributed by atoms with Crippen molar-refractivity contribution in [1.82, 2.24) is 0 Å². The normalized spacial score (nSPS) is 14.0. The number of hydrogen-bond acceptors (Lipinski definition) is 4. The van der Waals surface area contributed by atoms with Gasteiger partial charge in [0.1, 0.15) is 0 Å². The molecule has 2 aromatic carbocycles. The number of hydrogen-bond donors (Lipinski definition) is 2. The zero-order chi connectivity index (χ0) is 14.8. The van der Waals surface area contributed by atoms with Crippen LogP contribution in [-0.4, -0.2) is 13.3 Å². The third kappa shape index (κ3) is 2.95. The first kappa shape index (κ1) is 14.5. The maximum Gasteiger partial charge on any atom is 0.231 e. The summed E-state index contributed by atoms with van der Waals surface area (Å²) in [5.41, 5.74) is 7.76. The zero-order valence-corrected chi connectivity index (χ0v) is 13.4. The quantitative estimate of drug-likeness (QED) is 0.857. The molecule has 6 heteroatoms. The lowest BCUT2D eigenvalue weighted by Gasteiger charge is -2.20. The number of anilines is 1. The average Bonchev–Trinajstić information content (AvgIpc) is 2.95. The summed E-state index contributed by atoms with van der Waals surface area (Å²) in [5, 5.41) is 4.02. The fourth-order valence-electron chi connectivity index (χ4n) is 2.23. The maximum atomic E-state index is 6.18. The van der Waals surface area contributed by atoms with Crippen LogP contribution in [0.4, 0.5) is 5.69 Å². The van der Waals surface area contributed by atoms with Gasteiger partial charge in [-0.1, -0.05) is 23.7 Å². The second-order valence-corrected chi connectivity index (χ2v) is 5.91. The fraction of sp³-hybridized carbons (Fsp3) is 0.200. The summed E-state index contributed by atoms with van der Waals surface area (Å²) in [4.78, 5) is 0. The molecule has 0 fully saturated rings. The molecule has 0 aliphatic carbocycles. The Morgan fingerprint density at radius 2 is 2.10 bits per heavy atom. The number of nitrogens with one attached hydrogen (secondary N) is 1.